The van der Waals surface area contributed by atoms with Gasteiger partial charge < -0.3 is 15.4 Å². The van der Waals surface area contributed by atoms with Crippen molar-refractivity contribution in [2.75, 3.05) is 13.7 Å². The molecule has 0 aliphatic heterocycles. The normalized spacial score (nSPS) is 18.5. The Morgan fingerprint density at radius 2 is 2.37 bits per heavy atom. The molecule has 2 amide bonds. The summed E-state index contributed by atoms with van der Waals surface area (Å²) >= 11 is 1.57. The van der Waals surface area contributed by atoms with Gasteiger partial charge in [-0.15, -0.1) is 11.3 Å². The summed E-state index contributed by atoms with van der Waals surface area (Å²) in [5.74, 6) is 0. The van der Waals surface area contributed by atoms with Crippen LogP contribution < -0.4 is 10.6 Å². The van der Waals surface area contributed by atoms with Crippen LogP contribution in [0.25, 0.3) is 0 Å². The average Bonchev–Trinajstić information content (AvgIpc) is 2.75. The molecule has 1 heterocycles. The Labute approximate surface area is 117 Å². The summed E-state index contributed by atoms with van der Waals surface area (Å²) in [7, 11) is 1.71. The van der Waals surface area contributed by atoms with Gasteiger partial charge >= 0.3 is 6.03 Å². The number of thiazole rings is 1. The summed E-state index contributed by atoms with van der Waals surface area (Å²) in [6.45, 7) is 4.46. The van der Waals surface area contributed by atoms with Gasteiger partial charge in [-0.05, 0) is 33.1 Å². The smallest absolute Gasteiger partial charge is 0.315 e. The number of hydrogen-bond acceptors (Lipinski definition) is 4. The van der Waals surface area contributed by atoms with Crippen LogP contribution in [0.5, 0.6) is 0 Å². The third-order valence-corrected chi connectivity index (χ3v) is 4.77. The van der Waals surface area contributed by atoms with E-state index in [1.54, 1.807) is 18.4 Å². The highest BCUT2D eigenvalue weighted by molar-refractivity contribution is 7.09. The van der Waals surface area contributed by atoms with Crippen molar-refractivity contribution in [2.45, 2.75) is 44.8 Å². The molecule has 0 radical (unpaired) electrons. The van der Waals surface area contributed by atoms with Crippen molar-refractivity contribution in [3.63, 3.8) is 0 Å². The van der Waals surface area contributed by atoms with Crippen LogP contribution >= 0.6 is 11.3 Å². The number of carbonyl (C=O) groups excluding carboxylic acids is 1. The molecule has 19 heavy (non-hydrogen) atoms. The van der Waals surface area contributed by atoms with Gasteiger partial charge in [-0.3, -0.25) is 0 Å². The van der Waals surface area contributed by atoms with E-state index < -0.39 is 0 Å². The summed E-state index contributed by atoms with van der Waals surface area (Å²) < 4.78 is 5.46. The molecular weight excluding hydrogens is 262 g/mol. The van der Waals surface area contributed by atoms with Crippen LogP contribution in [0, 0.1) is 6.92 Å². The Hall–Kier alpha value is -1.14. The SMILES string of the molecule is COC1(CNC(=O)N[C@H](C)c2nc(C)cs2)CCC1. The molecule has 1 aliphatic rings. The molecule has 1 fully saturated rings. The zero-order valence-corrected chi connectivity index (χ0v) is 12.5. The van der Waals surface area contributed by atoms with Crippen LogP contribution in [0.4, 0.5) is 4.79 Å². The molecule has 1 aromatic heterocycles. The second-order valence-corrected chi connectivity index (χ2v) is 6.01. The largest absolute Gasteiger partial charge is 0.376 e. The predicted octanol–water partition coefficient (Wildman–Crippen LogP) is 2.38. The maximum atomic E-state index is 11.8. The Kier molecular flexibility index (Phi) is 4.42. The summed E-state index contributed by atoms with van der Waals surface area (Å²) in [5, 5.41) is 8.70. The molecule has 1 aliphatic carbocycles. The third kappa shape index (κ3) is 3.45. The minimum Gasteiger partial charge on any atom is -0.376 e. The average molecular weight is 283 g/mol. The number of hydrogen-bond donors (Lipinski definition) is 2. The molecule has 0 aromatic carbocycles. The van der Waals surface area contributed by atoms with E-state index in [0.29, 0.717) is 6.54 Å². The van der Waals surface area contributed by atoms with E-state index in [0.717, 1.165) is 23.5 Å². The highest BCUT2D eigenvalue weighted by Crippen LogP contribution is 2.34. The molecular formula is C13H21N3O2S. The van der Waals surface area contributed by atoms with Gasteiger partial charge in [-0.1, -0.05) is 0 Å². The number of methoxy groups -OCH3 is 1. The first-order valence-electron chi connectivity index (χ1n) is 6.56. The van der Waals surface area contributed by atoms with Gasteiger partial charge in [0.1, 0.15) is 5.01 Å². The summed E-state index contributed by atoms with van der Waals surface area (Å²) in [5.41, 5.74) is 0.847. The number of rotatable bonds is 5. The standard InChI is InChI=1S/C13H21N3O2S/c1-9-7-19-11(15-9)10(2)16-12(17)14-8-13(18-3)5-4-6-13/h7,10H,4-6,8H2,1-3H3,(H2,14,16,17)/t10-/m1/s1. The fraction of sp³-hybridized carbons (Fsp3) is 0.692. The van der Waals surface area contributed by atoms with Crippen molar-refractivity contribution in [2.24, 2.45) is 0 Å². The molecule has 1 saturated carbocycles. The molecule has 0 unspecified atom stereocenters. The van der Waals surface area contributed by atoms with Crippen LogP contribution in [0.1, 0.15) is 42.9 Å². The first-order chi connectivity index (χ1) is 9.04. The zero-order chi connectivity index (χ0) is 13.9. The summed E-state index contributed by atoms with van der Waals surface area (Å²) in [6, 6.07) is -0.234. The fourth-order valence-electron chi connectivity index (χ4n) is 2.15. The number of aromatic nitrogens is 1. The number of nitrogens with one attached hydrogen (secondary N) is 2. The van der Waals surface area contributed by atoms with Crippen LogP contribution in [-0.2, 0) is 4.74 Å². The van der Waals surface area contributed by atoms with E-state index in [-0.39, 0.29) is 17.7 Å². The zero-order valence-electron chi connectivity index (χ0n) is 11.7. The maximum Gasteiger partial charge on any atom is 0.315 e. The number of ether oxygens (including phenoxy) is 1. The lowest BCUT2D eigenvalue weighted by Crippen LogP contribution is -2.51. The minimum atomic E-state index is -0.163. The van der Waals surface area contributed by atoms with E-state index in [2.05, 4.69) is 15.6 Å². The van der Waals surface area contributed by atoms with E-state index in [4.69, 9.17) is 4.74 Å². The molecule has 0 saturated heterocycles. The highest BCUT2D eigenvalue weighted by Gasteiger charge is 2.37. The van der Waals surface area contributed by atoms with Crippen molar-refractivity contribution < 1.29 is 9.53 Å². The summed E-state index contributed by atoms with van der Waals surface area (Å²) in [4.78, 5) is 16.2. The van der Waals surface area contributed by atoms with E-state index >= 15 is 0 Å². The molecule has 2 rings (SSSR count). The van der Waals surface area contributed by atoms with Crippen molar-refractivity contribution >= 4 is 17.4 Å². The van der Waals surface area contributed by atoms with E-state index in [1.165, 1.54) is 6.42 Å². The fourth-order valence-corrected chi connectivity index (χ4v) is 2.95. The van der Waals surface area contributed by atoms with Gasteiger partial charge in [0.2, 0.25) is 0 Å². The quantitative estimate of drug-likeness (QED) is 0.872. The summed E-state index contributed by atoms with van der Waals surface area (Å²) in [6.07, 6.45) is 3.21. The first-order valence-corrected chi connectivity index (χ1v) is 7.44. The molecule has 2 N–H and O–H groups in total. The van der Waals surface area contributed by atoms with Gasteiger partial charge in [0, 0.05) is 24.7 Å². The highest BCUT2D eigenvalue weighted by atomic mass is 32.1. The molecule has 5 nitrogen and oxygen atoms in total. The van der Waals surface area contributed by atoms with Crippen LogP contribution in [0.15, 0.2) is 5.38 Å². The molecule has 1 aromatic rings. The number of nitrogens with zero attached hydrogens (tertiary/aromatic N) is 1. The van der Waals surface area contributed by atoms with Crippen molar-refractivity contribution in [1.29, 1.82) is 0 Å². The lowest BCUT2D eigenvalue weighted by atomic mass is 9.80. The lowest BCUT2D eigenvalue weighted by Gasteiger charge is -2.40. The van der Waals surface area contributed by atoms with E-state index in [1.807, 2.05) is 19.2 Å². The Morgan fingerprint density at radius 1 is 1.63 bits per heavy atom. The molecule has 0 bridgehead atoms. The van der Waals surface area contributed by atoms with Crippen molar-refractivity contribution in [1.82, 2.24) is 15.6 Å². The lowest BCUT2D eigenvalue weighted by molar-refractivity contribution is -0.0674. The van der Waals surface area contributed by atoms with Gasteiger partial charge in [0.05, 0.1) is 11.6 Å². The Balaban J connectivity index is 1.78. The topological polar surface area (TPSA) is 63.2 Å². The second-order valence-electron chi connectivity index (χ2n) is 5.12. The van der Waals surface area contributed by atoms with Gasteiger partial charge in [-0.2, -0.15) is 0 Å². The van der Waals surface area contributed by atoms with Gasteiger partial charge in [-0.25, -0.2) is 9.78 Å². The number of amides is 2. The number of carbonyl (C=O) groups is 1. The Bertz CT molecular complexity index is 437. The molecule has 106 valence electrons. The van der Waals surface area contributed by atoms with Crippen LogP contribution in [0.2, 0.25) is 0 Å². The minimum absolute atomic E-state index is 0.0708. The van der Waals surface area contributed by atoms with Crippen LogP contribution in [-0.4, -0.2) is 30.3 Å². The monoisotopic (exact) mass is 283 g/mol. The second kappa shape index (κ2) is 5.88. The van der Waals surface area contributed by atoms with Crippen molar-refractivity contribution in [3.05, 3.63) is 16.1 Å². The Morgan fingerprint density at radius 3 is 2.84 bits per heavy atom. The number of aryl methyl sites for hydroxylation is 1. The maximum absolute atomic E-state index is 11.8. The molecule has 1 atom stereocenters. The predicted molar refractivity (Wildman–Crippen MR) is 75.4 cm³/mol. The number of urea groups is 1. The third-order valence-electron chi connectivity index (χ3n) is 3.62. The van der Waals surface area contributed by atoms with Gasteiger partial charge in [0.25, 0.3) is 0 Å². The first kappa shape index (κ1) is 14.3. The van der Waals surface area contributed by atoms with Crippen molar-refractivity contribution in [3.8, 4) is 0 Å². The van der Waals surface area contributed by atoms with Gasteiger partial charge in [0.15, 0.2) is 0 Å². The van der Waals surface area contributed by atoms with Crippen LogP contribution in [0.3, 0.4) is 0 Å². The van der Waals surface area contributed by atoms with E-state index in [9.17, 15) is 4.79 Å². The molecule has 0 spiro atoms. The molecule has 6 heteroatoms.